The van der Waals surface area contributed by atoms with Gasteiger partial charge in [-0.05, 0) is 61.9 Å². The fourth-order valence-electron chi connectivity index (χ4n) is 3.35. The third-order valence-corrected chi connectivity index (χ3v) is 5.11. The molecule has 5 nitrogen and oxygen atoms in total. The van der Waals surface area contributed by atoms with Gasteiger partial charge >= 0.3 is 0 Å². The highest BCUT2D eigenvalue weighted by Gasteiger charge is 2.26. The first-order chi connectivity index (χ1) is 13.0. The van der Waals surface area contributed by atoms with Gasteiger partial charge in [0.05, 0.1) is 6.04 Å². The molecule has 152 valence electrons. The van der Waals surface area contributed by atoms with Gasteiger partial charge in [0.25, 0.3) is 0 Å². The number of hydrogen-bond acceptors (Lipinski definition) is 4. The van der Waals surface area contributed by atoms with Crippen LogP contribution in [0.15, 0.2) is 48.5 Å². The van der Waals surface area contributed by atoms with E-state index in [1.165, 1.54) is 0 Å². The van der Waals surface area contributed by atoms with Gasteiger partial charge in [-0.1, -0.05) is 30.3 Å². The Morgan fingerprint density at radius 1 is 1.18 bits per heavy atom. The summed E-state index contributed by atoms with van der Waals surface area (Å²) in [4.78, 5) is 12.5. The molecule has 3 rings (SSSR count). The van der Waals surface area contributed by atoms with E-state index in [0.29, 0.717) is 13.2 Å². The summed E-state index contributed by atoms with van der Waals surface area (Å²) in [6, 6.07) is 15.3. The monoisotopic (exact) mass is 404 g/mol. The van der Waals surface area contributed by atoms with Gasteiger partial charge in [-0.25, -0.2) is 0 Å². The van der Waals surface area contributed by atoms with Crippen molar-refractivity contribution >= 4 is 24.0 Å². The predicted molar refractivity (Wildman–Crippen MR) is 114 cm³/mol. The van der Waals surface area contributed by atoms with E-state index >= 15 is 0 Å². The Hall–Kier alpha value is -2.08. The number of halogens is 1. The minimum absolute atomic E-state index is 0. The predicted octanol–water partition coefficient (Wildman–Crippen LogP) is 4.25. The van der Waals surface area contributed by atoms with Crippen LogP contribution >= 0.6 is 12.4 Å². The van der Waals surface area contributed by atoms with Gasteiger partial charge in [0.1, 0.15) is 11.9 Å². The largest absolute Gasteiger partial charge is 0.486 e. The van der Waals surface area contributed by atoms with Crippen LogP contribution in [0.4, 0.5) is 5.69 Å². The van der Waals surface area contributed by atoms with Gasteiger partial charge in [-0.2, -0.15) is 0 Å². The van der Waals surface area contributed by atoms with Crippen molar-refractivity contribution in [1.82, 2.24) is 0 Å². The molecule has 0 radical (unpaired) electrons. The lowest BCUT2D eigenvalue weighted by atomic mass is 9.92. The molecule has 0 aliphatic carbocycles. The van der Waals surface area contributed by atoms with E-state index in [-0.39, 0.29) is 30.3 Å². The van der Waals surface area contributed by atoms with Crippen molar-refractivity contribution < 1.29 is 14.3 Å². The summed E-state index contributed by atoms with van der Waals surface area (Å²) in [5, 5.41) is 2.96. The summed E-state index contributed by atoms with van der Waals surface area (Å²) >= 11 is 0. The number of hydrogen-bond donors (Lipinski definition) is 2. The summed E-state index contributed by atoms with van der Waals surface area (Å²) in [7, 11) is 0. The zero-order chi connectivity index (χ0) is 19.2. The van der Waals surface area contributed by atoms with Gasteiger partial charge in [0, 0.05) is 18.9 Å². The number of amides is 1. The third-order valence-electron chi connectivity index (χ3n) is 5.11. The molecule has 2 unspecified atom stereocenters. The molecule has 2 aromatic rings. The van der Waals surface area contributed by atoms with Crippen LogP contribution in [0.25, 0.3) is 0 Å². The molecule has 0 bridgehead atoms. The first-order valence-corrected chi connectivity index (χ1v) is 9.51. The molecule has 2 atom stereocenters. The molecule has 1 amide bonds. The summed E-state index contributed by atoms with van der Waals surface area (Å²) in [5.41, 5.74) is 8.99. The van der Waals surface area contributed by atoms with E-state index < -0.39 is 6.04 Å². The summed E-state index contributed by atoms with van der Waals surface area (Å²) in [6.07, 6.45) is 1.61. The van der Waals surface area contributed by atoms with Gasteiger partial charge in [0.15, 0.2) is 0 Å². The molecule has 1 heterocycles. The highest BCUT2D eigenvalue weighted by atomic mass is 35.5. The van der Waals surface area contributed by atoms with E-state index in [1.54, 1.807) is 0 Å². The number of aryl methyl sites for hydroxylation is 1. The second kappa shape index (κ2) is 10.5. The van der Waals surface area contributed by atoms with Gasteiger partial charge < -0.3 is 20.5 Å². The molecule has 1 saturated heterocycles. The average Bonchev–Trinajstić information content (AvgIpc) is 2.70. The third kappa shape index (κ3) is 5.71. The molecule has 28 heavy (non-hydrogen) atoms. The van der Waals surface area contributed by atoms with Gasteiger partial charge in [-0.15, -0.1) is 12.4 Å². The lowest BCUT2D eigenvalue weighted by Crippen LogP contribution is -2.44. The van der Waals surface area contributed by atoms with E-state index in [9.17, 15) is 4.79 Å². The number of ether oxygens (including phenoxy) is 2. The van der Waals surface area contributed by atoms with Crippen LogP contribution in [-0.2, 0) is 9.53 Å². The Bertz CT molecular complexity index is 764. The van der Waals surface area contributed by atoms with Crippen molar-refractivity contribution in [1.29, 1.82) is 0 Å². The highest BCUT2D eigenvalue weighted by Crippen LogP contribution is 2.26. The van der Waals surface area contributed by atoms with Crippen LogP contribution in [0.1, 0.15) is 37.0 Å². The molecule has 6 heteroatoms. The van der Waals surface area contributed by atoms with Crippen LogP contribution in [0.5, 0.6) is 5.75 Å². The van der Waals surface area contributed by atoms with Crippen molar-refractivity contribution in [3.05, 3.63) is 59.7 Å². The number of anilines is 1. The maximum Gasteiger partial charge on any atom is 0.241 e. The quantitative estimate of drug-likeness (QED) is 0.754. The molecule has 2 aromatic carbocycles. The molecular formula is C22H29ClN2O3. The summed E-state index contributed by atoms with van der Waals surface area (Å²) in [5.74, 6) is 0.806. The first kappa shape index (κ1) is 22.2. The normalized spacial score (nSPS) is 16.5. The van der Waals surface area contributed by atoms with Crippen LogP contribution in [-0.4, -0.2) is 25.2 Å². The molecule has 3 N–H and O–H groups in total. The second-order valence-corrected chi connectivity index (χ2v) is 7.11. The Morgan fingerprint density at radius 3 is 2.50 bits per heavy atom. The standard InChI is InChI=1S/C22H28N2O3.ClH/c1-15-14-19(27-16(2)17-6-4-3-5-7-17)8-9-20(15)24-22(25)21(23)18-10-12-26-13-11-18;/h3-9,14,16,18,21H,10-13,23H2,1-2H3,(H,24,25);1H. The summed E-state index contributed by atoms with van der Waals surface area (Å²) < 4.78 is 11.4. The maximum atomic E-state index is 12.5. The number of carbonyl (C=O) groups excluding carboxylic acids is 1. The highest BCUT2D eigenvalue weighted by molar-refractivity contribution is 5.95. The average molecular weight is 405 g/mol. The fourth-order valence-corrected chi connectivity index (χ4v) is 3.35. The smallest absolute Gasteiger partial charge is 0.241 e. The molecule has 0 aromatic heterocycles. The number of benzene rings is 2. The van der Waals surface area contributed by atoms with Crippen LogP contribution in [0.2, 0.25) is 0 Å². The maximum absolute atomic E-state index is 12.5. The molecule has 0 saturated carbocycles. The zero-order valence-electron chi connectivity index (χ0n) is 16.4. The molecule has 1 aliphatic rings. The Morgan fingerprint density at radius 2 is 1.86 bits per heavy atom. The second-order valence-electron chi connectivity index (χ2n) is 7.11. The minimum Gasteiger partial charge on any atom is -0.486 e. The minimum atomic E-state index is -0.512. The molecule has 1 fully saturated rings. The number of nitrogens with one attached hydrogen (secondary N) is 1. The van der Waals surface area contributed by atoms with E-state index in [0.717, 1.165) is 35.4 Å². The molecule has 1 aliphatic heterocycles. The van der Waals surface area contributed by atoms with Crippen LogP contribution in [0, 0.1) is 12.8 Å². The van der Waals surface area contributed by atoms with E-state index in [4.69, 9.17) is 15.2 Å². The number of nitrogens with two attached hydrogens (primary N) is 1. The summed E-state index contributed by atoms with van der Waals surface area (Å²) in [6.45, 7) is 5.33. The van der Waals surface area contributed by atoms with Gasteiger partial charge in [0.2, 0.25) is 5.91 Å². The van der Waals surface area contributed by atoms with Gasteiger partial charge in [-0.3, -0.25) is 4.79 Å². The Balaban J connectivity index is 0.00000280. The van der Waals surface area contributed by atoms with Crippen molar-refractivity contribution in [2.75, 3.05) is 18.5 Å². The Kier molecular flexibility index (Phi) is 8.30. The number of carbonyl (C=O) groups is 1. The van der Waals surface area contributed by atoms with E-state index in [2.05, 4.69) is 5.32 Å². The fraction of sp³-hybridized carbons (Fsp3) is 0.409. The molecule has 0 spiro atoms. The Labute approximate surface area is 173 Å². The number of rotatable bonds is 6. The van der Waals surface area contributed by atoms with Crippen molar-refractivity contribution in [2.45, 2.75) is 38.8 Å². The van der Waals surface area contributed by atoms with Crippen molar-refractivity contribution in [3.63, 3.8) is 0 Å². The zero-order valence-corrected chi connectivity index (χ0v) is 17.2. The van der Waals surface area contributed by atoms with Crippen LogP contribution in [0.3, 0.4) is 0 Å². The van der Waals surface area contributed by atoms with Crippen LogP contribution < -0.4 is 15.8 Å². The van der Waals surface area contributed by atoms with Crippen molar-refractivity contribution in [3.8, 4) is 5.75 Å². The topological polar surface area (TPSA) is 73.6 Å². The SMILES string of the molecule is Cc1cc(OC(C)c2ccccc2)ccc1NC(=O)C(N)C1CCOCC1.Cl. The molecular weight excluding hydrogens is 376 g/mol. The lowest BCUT2D eigenvalue weighted by molar-refractivity contribution is -0.119. The van der Waals surface area contributed by atoms with E-state index in [1.807, 2.05) is 62.4 Å². The van der Waals surface area contributed by atoms with Crippen molar-refractivity contribution in [2.24, 2.45) is 11.7 Å². The first-order valence-electron chi connectivity index (χ1n) is 9.51. The lowest BCUT2D eigenvalue weighted by Gasteiger charge is -2.27.